The van der Waals surface area contributed by atoms with Crippen LogP contribution in [0.1, 0.15) is 29.2 Å². The zero-order valence-corrected chi connectivity index (χ0v) is 32.9. The first-order chi connectivity index (χ1) is 25.9. The molecule has 0 aliphatic carbocycles. The summed E-state index contributed by atoms with van der Waals surface area (Å²) < 4.78 is 26.0. The highest BCUT2D eigenvalue weighted by atomic mass is 32.1. The average molecular weight is 757 g/mol. The van der Waals surface area contributed by atoms with Gasteiger partial charge >= 0.3 is 0 Å². The van der Waals surface area contributed by atoms with Crippen molar-refractivity contribution in [3.8, 4) is 28.3 Å². The molecule has 2 heterocycles. The van der Waals surface area contributed by atoms with Crippen LogP contribution in [0.15, 0.2) is 109 Å². The minimum Gasteiger partial charge on any atom is -0.497 e. The molecule has 0 saturated carbocycles. The molecule has 0 saturated heterocycles. The third kappa shape index (κ3) is 16.4. The molecule has 0 fully saturated rings. The minimum absolute atomic E-state index is 0.0267. The Morgan fingerprint density at radius 2 is 1.31 bits per heavy atom. The molecule has 1 N–H and O–H groups in total. The second-order valence-corrected chi connectivity index (χ2v) is 12.2. The highest BCUT2D eigenvalue weighted by Gasteiger charge is 2.11. The van der Waals surface area contributed by atoms with Crippen molar-refractivity contribution in [2.45, 2.75) is 34.2 Å². The summed E-state index contributed by atoms with van der Waals surface area (Å²) in [5.41, 5.74) is 5.33. The highest BCUT2D eigenvalue weighted by Crippen LogP contribution is 2.27. The fourth-order valence-corrected chi connectivity index (χ4v) is 4.92. The molecule has 6 aromatic rings. The Morgan fingerprint density at radius 3 is 1.76 bits per heavy atom. The molecule has 4 aromatic carbocycles. The maximum atomic E-state index is 10.7. The van der Waals surface area contributed by atoms with Gasteiger partial charge in [0.15, 0.2) is 0 Å². The number of carbonyl (C=O) groups is 1. The van der Waals surface area contributed by atoms with Crippen LogP contribution in [0, 0.1) is 30.9 Å². The van der Waals surface area contributed by atoms with Gasteiger partial charge in [0.2, 0.25) is 11.8 Å². The number of non-ortho nitro benzene ring substituents is 1. The normalized spacial score (nSPS) is 9.50. The lowest BCUT2D eigenvalue weighted by molar-refractivity contribution is -0.384. The molecule has 0 aliphatic rings. The second kappa shape index (κ2) is 24.1. The first kappa shape index (κ1) is 44.0. The molecule has 286 valence electrons. The van der Waals surface area contributed by atoms with Crippen LogP contribution < -0.4 is 29.0 Å². The fourth-order valence-electron chi connectivity index (χ4n) is 4.16. The quantitative estimate of drug-likeness (QED) is 0.118. The molecule has 0 spiro atoms. The lowest BCUT2D eigenvalue weighted by Gasteiger charge is -2.08. The SMILES string of the molecule is COc1ccc(C)cc1.COc1ccc(C)cc1.COc1ccc([N+](=O)[O-])cc1CNC(C)=O.COc1ccccn1.COc1nc2cc(C)ccc2s1. The number of thiazole rings is 1. The zero-order valence-electron chi connectivity index (χ0n) is 32.1. The van der Waals surface area contributed by atoms with Crippen LogP contribution >= 0.6 is 11.3 Å². The summed E-state index contributed by atoms with van der Waals surface area (Å²) in [7, 11) is 8.06. The number of nitrogens with zero attached hydrogens (tertiary/aromatic N) is 3. The molecule has 13 heteroatoms. The van der Waals surface area contributed by atoms with E-state index in [4.69, 9.17) is 23.7 Å². The monoisotopic (exact) mass is 756 g/mol. The van der Waals surface area contributed by atoms with Crippen molar-refractivity contribution >= 4 is 33.1 Å². The Morgan fingerprint density at radius 1 is 0.722 bits per heavy atom. The summed E-state index contributed by atoms with van der Waals surface area (Å²) in [5, 5.41) is 13.9. The van der Waals surface area contributed by atoms with E-state index in [-0.39, 0.29) is 18.1 Å². The second-order valence-electron chi connectivity index (χ2n) is 11.2. The Hall–Kier alpha value is -6.21. The van der Waals surface area contributed by atoms with E-state index in [0.717, 1.165) is 22.2 Å². The fraction of sp³-hybridized carbons (Fsp3) is 0.244. The van der Waals surface area contributed by atoms with E-state index in [1.54, 1.807) is 52.0 Å². The third-order valence-corrected chi connectivity index (χ3v) is 8.06. The molecule has 0 atom stereocenters. The molecule has 12 nitrogen and oxygen atoms in total. The van der Waals surface area contributed by atoms with Gasteiger partial charge in [-0.25, -0.2) is 9.97 Å². The molecule has 6 rings (SSSR count). The lowest BCUT2D eigenvalue weighted by atomic mass is 10.1. The van der Waals surface area contributed by atoms with Crippen molar-refractivity contribution in [3.05, 3.63) is 142 Å². The van der Waals surface area contributed by atoms with Gasteiger partial charge in [0.05, 0.1) is 50.7 Å². The number of nitrogens with one attached hydrogen (secondary N) is 1. The number of ether oxygens (including phenoxy) is 5. The molecule has 1 amide bonds. The van der Waals surface area contributed by atoms with Crippen LogP contribution in [-0.4, -0.2) is 56.3 Å². The van der Waals surface area contributed by atoms with E-state index in [1.807, 2.05) is 60.7 Å². The van der Waals surface area contributed by atoms with Crippen molar-refractivity contribution in [1.29, 1.82) is 0 Å². The van der Waals surface area contributed by atoms with Gasteiger partial charge in [-0.1, -0.05) is 58.9 Å². The number of hydrogen-bond acceptors (Lipinski definition) is 11. The predicted molar refractivity (Wildman–Crippen MR) is 214 cm³/mol. The van der Waals surface area contributed by atoms with E-state index in [9.17, 15) is 14.9 Å². The summed E-state index contributed by atoms with van der Waals surface area (Å²) in [6.45, 7) is 7.76. The third-order valence-electron chi connectivity index (χ3n) is 7.06. The van der Waals surface area contributed by atoms with Crippen LogP contribution in [0.3, 0.4) is 0 Å². The maximum Gasteiger partial charge on any atom is 0.274 e. The number of rotatable bonds is 8. The zero-order chi connectivity index (χ0) is 39.9. The van der Waals surface area contributed by atoms with Crippen LogP contribution in [0.2, 0.25) is 0 Å². The number of aromatic nitrogens is 2. The Kier molecular flexibility index (Phi) is 19.6. The van der Waals surface area contributed by atoms with Crippen molar-refractivity contribution in [3.63, 3.8) is 0 Å². The van der Waals surface area contributed by atoms with Crippen molar-refractivity contribution in [2.75, 3.05) is 35.5 Å². The van der Waals surface area contributed by atoms with Gasteiger partial charge in [-0.05, 0) is 74.9 Å². The summed E-state index contributed by atoms with van der Waals surface area (Å²) in [6.07, 6.45) is 1.69. The van der Waals surface area contributed by atoms with E-state index in [0.29, 0.717) is 17.2 Å². The Bertz CT molecular complexity index is 1940. The standard InChI is InChI=1S/C10H12N2O4.C9H9NOS.2C8H10O.C6H7NO/c1-7(13)11-6-8-5-9(12(14)15)3-4-10(8)16-2;1-6-3-4-8-7(5-6)10-9(11-2)12-8;2*1-7-3-5-8(9-2)6-4-7;1-8-6-4-2-3-5-7-6/h3-5H,6H2,1-2H3,(H,11,13);3-5H,1-2H3;2*3-6H,1-2H3;2-5H,1H3. The van der Waals surface area contributed by atoms with Crippen LogP contribution in [-0.2, 0) is 11.3 Å². The van der Waals surface area contributed by atoms with Gasteiger partial charge in [0.1, 0.15) is 17.2 Å². The van der Waals surface area contributed by atoms with Crippen LogP contribution in [0.25, 0.3) is 10.2 Å². The number of fused-ring (bicyclic) bond motifs is 1. The van der Waals surface area contributed by atoms with Gasteiger partial charge in [-0.3, -0.25) is 14.9 Å². The molecular formula is C41H48N4O8S. The van der Waals surface area contributed by atoms with Gasteiger partial charge in [0.25, 0.3) is 10.9 Å². The molecule has 54 heavy (non-hydrogen) atoms. The number of benzene rings is 4. The minimum atomic E-state index is -0.489. The van der Waals surface area contributed by atoms with Gasteiger partial charge in [-0.15, -0.1) is 0 Å². The lowest BCUT2D eigenvalue weighted by Crippen LogP contribution is -2.19. The molecule has 0 aliphatic heterocycles. The van der Waals surface area contributed by atoms with E-state index in [1.165, 1.54) is 53.6 Å². The van der Waals surface area contributed by atoms with Gasteiger partial charge in [-0.2, -0.15) is 0 Å². The van der Waals surface area contributed by atoms with Gasteiger partial charge < -0.3 is 29.0 Å². The van der Waals surface area contributed by atoms with Crippen LogP contribution in [0.5, 0.6) is 28.3 Å². The average Bonchev–Trinajstić information content (AvgIpc) is 3.61. The van der Waals surface area contributed by atoms with Crippen molar-refractivity contribution in [1.82, 2.24) is 15.3 Å². The smallest absolute Gasteiger partial charge is 0.274 e. The molecule has 0 radical (unpaired) electrons. The molecule has 0 bridgehead atoms. The Balaban J connectivity index is 0.000000239. The number of amides is 1. The number of aryl methyl sites for hydroxylation is 3. The summed E-state index contributed by atoms with van der Waals surface area (Å²) in [5.74, 6) is 2.81. The summed E-state index contributed by atoms with van der Waals surface area (Å²) in [4.78, 5) is 29.0. The number of hydrogen-bond donors (Lipinski definition) is 1. The van der Waals surface area contributed by atoms with E-state index in [2.05, 4.69) is 54.3 Å². The highest BCUT2D eigenvalue weighted by molar-refractivity contribution is 7.20. The predicted octanol–water partition coefficient (Wildman–Crippen LogP) is 8.95. The number of pyridine rings is 1. The number of nitro groups is 1. The maximum absolute atomic E-state index is 10.7. The van der Waals surface area contributed by atoms with Crippen LogP contribution in [0.4, 0.5) is 5.69 Å². The van der Waals surface area contributed by atoms with Crippen molar-refractivity contribution < 1.29 is 33.4 Å². The van der Waals surface area contributed by atoms with Gasteiger partial charge in [0, 0.05) is 43.4 Å². The number of nitro benzene ring substituents is 1. The molecule has 2 aromatic heterocycles. The van der Waals surface area contributed by atoms with Crippen molar-refractivity contribution in [2.24, 2.45) is 0 Å². The van der Waals surface area contributed by atoms with E-state index < -0.39 is 4.92 Å². The first-order valence-electron chi connectivity index (χ1n) is 16.6. The summed E-state index contributed by atoms with van der Waals surface area (Å²) in [6, 6.07) is 31.9. The Labute approximate surface area is 320 Å². The summed E-state index contributed by atoms with van der Waals surface area (Å²) >= 11 is 1.57. The number of carbonyl (C=O) groups excluding carboxylic acids is 1. The molecular weight excluding hydrogens is 709 g/mol. The largest absolute Gasteiger partial charge is 0.497 e. The number of methoxy groups -OCH3 is 5. The molecule has 0 unspecified atom stereocenters. The van der Waals surface area contributed by atoms with E-state index >= 15 is 0 Å². The first-order valence-corrected chi connectivity index (χ1v) is 17.4. The topological polar surface area (TPSA) is 144 Å².